The SMILES string of the molecule is C(=NN1CCN(C2c3ccccc3-c3ccccc32)CC1)c1ccco1. The van der Waals surface area contributed by atoms with Crippen LogP contribution in [0.15, 0.2) is 76.4 Å². The Bertz CT molecular complexity index is 879. The third-order valence-electron chi connectivity index (χ3n) is 5.35. The van der Waals surface area contributed by atoms with Gasteiger partial charge in [0.2, 0.25) is 0 Å². The van der Waals surface area contributed by atoms with Crippen molar-refractivity contribution in [1.82, 2.24) is 9.91 Å². The highest BCUT2D eigenvalue weighted by Crippen LogP contribution is 2.46. The maximum absolute atomic E-state index is 5.32. The fourth-order valence-electron chi connectivity index (χ4n) is 4.11. The Kier molecular flexibility index (Phi) is 3.83. The molecule has 4 heteroatoms. The van der Waals surface area contributed by atoms with Gasteiger partial charge in [0.25, 0.3) is 0 Å². The molecule has 0 saturated carbocycles. The zero-order chi connectivity index (χ0) is 17.3. The number of furan rings is 1. The predicted molar refractivity (Wildman–Crippen MR) is 103 cm³/mol. The lowest BCUT2D eigenvalue weighted by Gasteiger charge is -2.37. The summed E-state index contributed by atoms with van der Waals surface area (Å²) in [6, 6.07) is 21.8. The van der Waals surface area contributed by atoms with Crippen LogP contribution in [0.4, 0.5) is 0 Å². The van der Waals surface area contributed by atoms with E-state index < -0.39 is 0 Å². The molecular formula is C22H21N3O. The van der Waals surface area contributed by atoms with Crippen LogP contribution in [0.2, 0.25) is 0 Å². The van der Waals surface area contributed by atoms with E-state index in [0.717, 1.165) is 31.9 Å². The summed E-state index contributed by atoms with van der Waals surface area (Å²) in [5.74, 6) is 0.797. The molecule has 2 heterocycles. The maximum Gasteiger partial charge on any atom is 0.146 e. The highest BCUT2D eigenvalue weighted by molar-refractivity contribution is 5.78. The molecule has 4 nitrogen and oxygen atoms in total. The zero-order valence-electron chi connectivity index (χ0n) is 14.6. The summed E-state index contributed by atoms with van der Waals surface area (Å²) >= 11 is 0. The quantitative estimate of drug-likeness (QED) is 0.674. The van der Waals surface area contributed by atoms with Gasteiger partial charge in [0.15, 0.2) is 0 Å². The first kappa shape index (κ1) is 15.4. The van der Waals surface area contributed by atoms with E-state index in [1.54, 1.807) is 12.5 Å². The molecule has 0 amide bonds. The summed E-state index contributed by atoms with van der Waals surface area (Å²) in [6.45, 7) is 3.86. The molecule has 0 bridgehead atoms. The minimum Gasteiger partial charge on any atom is -0.463 e. The predicted octanol–water partition coefficient (Wildman–Crippen LogP) is 4.00. The molecule has 1 aliphatic heterocycles. The van der Waals surface area contributed by atoms with Crippen LogP contribution in [-0.4, -0.2) is 42.3 Å². The first-order chi connectivity index (χ1) is 12.9. The fourth-order valence-corrected chi connectivity index (χ4v) is 4.11. The molecule has 2 aliphatic rings. The topological polar surface area (TPSA) is 32.0 Å². The first-order valence-electron chi connectivity index (χ1n) is 9.15. The Hall–Kier alpha value is -2.85. The molecule has 2 aromatic carbocycles. The summed E-state index contributed by atoms with van der Waals surface area (Å²) in [5, 5.41) is 6.69. The molecule has 3 aromatic rings. The molecule has 0 N–H and O–H groups in total. The number of fused-ring (bicyclic) bond motifs is 3. The fraction of sp³-hybridized carbons (Fsp3) is 0.227. The summed E-state index contributed by atoms with van der Waals surface area (Å²) in [7, 11) is 0. The van der Waals surface area contributed by atoms with Crippen molar-refractivity contribution < 1.29 is 4.42 Å². The van der Waals surface area contributed by atoms with Gasteiger partial charge in [-0.05, 0) is 34.4 Å². The van der Waals surface area contributed by atoms with Gasteiger partial charge in [0.1, 0.15) is 5.76 Å². The van der Waals surface area contributed by atoms with Gasteiger partial charge in [-0.15, -0.1) is 0 Å². The van der Waals surface area contributed by atoms with Crippen LogP contribution in [-0.2, 0) is 0 Å². The van der Waals surface area contributed by atoms with Crippen molar-refractivity contribution in [3.63, 3.8) is 0 Å². The molecule has 1 aromatic heterocycles. The molecule has 130 valence electrons. The van der Waals surface area contributed by atoms with Crippen molar-refractivity contribution >= 4 is 6.21 Å². The minimum absolute atomic E-state index is 0.360. The molecular weight excluding hydrogens is 322 g/mol. The number of benzene rings is 2. The second-order valence-corrected chi connectivity index (χ2v) is 6.83. The lowest BCUT2D eigenvalue weighted by Crippen LogP contribution is -2.45. The lowest BCUT2D eigenvalue weighted by molar-refractivity contribution is 0.114. The van der Waals surface area contributed by atoms with E-state index in [0.29, 0.717) is 6.04 Å². The number of piperazine rings is 1. The van der Waals surface area contributed by atoms with Crippen LogP contribution < -0.4 is 0 Å². The first-order valence-corrected chi connectivity index (χ1v) is 9.15. The van der Waals surface area contributed by atoms with Gasteiger partial charge in [-0.2, -0.15) is 5.10 Å². The van der Waals surface area contributed by atoms with Crippen molar-refractivity contribution in [2.24, 2.45) is 5.10 Å². The van der Waals surface area contributed by atoms with Crippen molar-refractivity contribution in [1.29, 1.82) is 0 Å². The van der Waals surface area contributed by atoms with Crippen LogP contribution in [0, 0.1) is 0 Å². The Morgan fingerprint density at radius 2 is 1.46 bits per heavy atom. The standard InChI is InChI=1S/C22H21N3O/c1-3-9-20-18(7-1)19-8-2-4-10-21(19)22(20)24-11-13-25(14-12-24)23-16-17-6-5-15-26-17/h1-10,15-16,22H,11-14H2. The number of rotatable bonds is 3. The van der Waals surface area contributed by atoms with Gasteiger partial charge in [-0.3, -0.25) is 9.91 Å². The molecule has 0 atom stereocenters. The summed E-state index contributed by atoms with van der Waals surface area (Å²) < 4.78 is 5.32. The highest BCUT2D eigenvalue weighted by atomic mass is 16.3. The van der Waals surface area contributed by atoms with Crippen LogP contribution in [0.25, 0.3) is 11.1 Å². The van der Waals surface area contributed by atoms with E-state index >= 15 is 0 Å². The molecule has 0 spiro atoms. The summed E-state index contributed by atoms with van der Waals surface area (Å²) in [5.41, 5.74) is 5.63. The Morgan fingerprint density at radius 3 is 2.08 bits per heavy atom. The van der Waals surface area contributed by atoms with E-state index in [-0.39, 0.29) is 0 Å². The normalized spacial score (nSPS) is 17.6. The number of nitrogens with zero attached hydrogens (tertiary/aromatic N) is 3. The summed E-state index contributed by atoms with van der Waals surface area (Å²) in [4.78, 5) is 2.59. The Labute approximate surface area is 153 Å². The van der Waals surface area contributed by atoms with Crippen LogP contribution in [0.3, 0.4) is 0 Å². The molecule has 26 heavy (non-hydrogen) atoms. The van der Waals surface area contributed by atoms with Crippen molar-refractivity contribution in [3.8, 4) is 11.1 Å². The monoisotopic (exact) mass is 343 g/mol. The third-order valence-corrected chi connectivity index (χ3v) is 5.35. The largest absolute Gasteiger partial charge is 0.463 e. The van der Waals surface area contributed by atoms with Crippen LogP contribution in [0.1, 0.15) is 22.9 Å². The second-order valence-electron chi connectivity index (χ2n) is 6.83. The van der Waals surface area contributed by atoms with Gasteiger partial charge in [-0.25, -0.2) is 0 Å². The lowest BCUT2D eigenvalue weighted by atomic mass is 10.0. The molecule has 1 saturated heterocycles. The Morgan fingerprint density at radius 1 is 0.808 bits per heavy atom. The average molecular weight is 343 g/mol. The zero-order valence-corrected chi connectivity index (χ0v) is 14.6. The van der Waals surface area contributed by atoms with Gasteiger partial charge < -0.3 is 4.42 Å². The second kappa shape index (κ2) is 6.46. The van der Waals surface area contributed by atoms with E-state index in [1.165, 1.54) is 22.3 Å². The highest BCUT2D eigenvalue weighted by Gasteiger charge is 2.33. The molecule has 1 aliphatic carbocycles. The molecule has 1 fully saturated rings. The number of hydrogen-bond acceptors (Lipinski definition) is 4. The summed E-state index contributed by atoms with van der Waals surface area (Å²) in [6.07, 6.45) is 3.48. The smallest absolute Gasteiger partial charge is 0.146 e. The molecule has 0 unspecified atom stereocenters. The minimum atomic E-state index is 0.360. The average Bonchev–Trinajstić information content (AvgIpc) is 3.33. The maximum atomic E-state index is 5.32. The van der Waals surface area contributed by atoms with Crippen LogP contribution >= 0.6 is 0 Å². The van der Waals surface area contributed by atoms with E-state index in [2.05, 4.69) is 63.5 Å². The van der Waals surface area contributed by atoms with Gasteiger partial charge in [0.05, 0.1) is 18.5 Å². The van der Waals surface area contributed by atoms with Crippen LogP contribution in [0.5, 0.6) is 0 Å². The van der Waals surface area contributed by atoms with E-state index in [1.807, 2.05) is 12.1 Å². The number of hydrogen-bond donors (Lipinski definition) is 0. The van der Waals surface area contributed by atoms with Crippen molar-refractivity contribution in [2.75, 3.05) is 26.2 Å². The van der Waals surface area contributed by atoms with Gasteiger partial charge in [0, 0.05) is 26.2 Å². The van der Waals surface area contributed by atoms with Gasteiger partial charge in [-0.1, -0.05) is 48.5 Å². The van der Waals surface area contributed by atoms with E-state index in [9.17, 15) is 0 Å². The third kappa shape index (κ3) is 2.63. The number of hydrazone groups is 1. The van der Waals surface area contributed by atoms with E-state index in [4.69, 9.17) is 4.42 Å². The molecule has 5 rings (SSSR count). The van der Waals surface area contributed by atoms with Crippen molar-refractivity contribution in [2.45, 2.75) is 6.04 Å². The Balaban J connectivity index is 1.35. The van der Waals surface area contributed by atoms with Crippen molar-refractivity contribution in [3.05, 3.63) is 83.8 Å². The van der Waals surface area contributed by atoms with Gasteiger partial charge >= 0.3 is 0 Å². The molecule has 0 radical (unpaired) electrons.